The molecule has 1 atom stereocenters. The van der Waals surface area contributed by atoms with Crippen molar-refractivity contribution in [2.75, 3.05) is 20.3 Å². The maximum atomic E-state index is 13.8. The monoisotopic (exact) mass is 520 g/mol. The average Bonchev–Trinajstić information content (AvgIpc) is 2.94. The molecule has 0 aromatic heterocycles. The van der Waals surface area contributed by atoms with Crippen LogP contribution in [0.3, 0.4) is 0 Å². The van der Waals surface area contributed by atoms with E-state index >= 15 is 0 Å². The van der Waals surface area contributed by atoms with E-state index in [2.05, 4.69) is 0 Å². The molecule has 0 saturated heterocycles. The first-order valence-electron chi connectivity index (χ1n) is 13.1. The second-order valence-corrected chi connectivity index (χ2v) is 9.50. The molecule has 0 aliphatic heterocycles. The average molecular weight is 521 g/mol. The maximum absolute atomic E-state index is 13.8. The highest BCUT2D eigenvalue weighted by Gasteiger charge is 2.09. The Morgan fingerprint density at radius 3 is 2.24 bits per heavy atom. The Morgan fingerprint density at radius 2 is 1.63 bits per heavy atom. The van der Waals surface area contributed by atoms with Crippen LogP contribution in [0.5, 0.6) is 0 Å². The van der Waals surface area contributed by atoms with Gasteiger partial charge in [-0.15, -0.1) is 0 Å². The molecule has 6 heteroatoms. The number of hydrogen-bond acceptors (Lipinski definition) is 5. The zero-order valence-electron chi connectivity index (χ0n) is 22.9. The molecule has 0 aliphatic rings. The zero-order valence-corrected chi connectivity index (χ0v) is 22.9. The summed E-state index contributed by atoms with van der Waals surface area (Å²) < 4.78 is 25.4. The van der Waals surface area contributed by atoms with Gasteiger partial charge in [0.05, 0.1) is 6.26 Å². The molecule has 0 aliphatic carbocycles. The topological polar surface area (TPSA) is 62.6 Å². The largest absolute Gasteiger partial charge is 0.496 e. The van der Waals surface area contributed by atoms with Gasteiger partial charge >= 0.3 is 0 Å². The first-order chi connectivity index (χ1) is 18.4. The molecule has 5 nitrogen and oxygen atoms in total. The fourth-order valence-corrected chi connectivity index (χ4v) is 3.67. The predicted molar refractivity (Wildman–Crippen MR) is 152 cm³/mol. The number of carbonyl (C=O) groups is 1. The van der Waals surface area contributed by atoms with Gasteiger partial charge in [-0.3, -0.25) is 5.41 Å². The second-order valence-electron chi connectivity index (χ2n) is 9.50. The molecule has 2 aromatic rings. The van der Waals surface area contributed by atoms with Gasteiger partial charge in [-0.25, -0.2) is 4.39 Å². The first kappa shape index (κ1) is 30.6. The summed E-state index contributed by atoms with van der Waals surface area (Å²) in [5.41, 5.74) is 4.51. The van der Waals surface area contributed by atoms with E-state index in [1.54, 1.807) is 12.3 Å². The molecule has 0 amide bonds. The number of rotatable bonds is 17. The van der Waals surface area contributed by atoms with E-state index in [9.17, 15) is 9.18 Å². The quantitative estimate of drug-likeness (QED) is 0.0776. The highest BCUT2D eigenvalue weighted by atomic mass is 19.1. The number of aldehydes is 1. The summed E-state index contributed by atoms with van der Waals surface area (Å²) in [6.07, 6.45) is 8.67. The minimum atomic E-state index is -0.579. The SMILES string of the molecule is CC(=C\C=C(/CF)N(C)CCC(C)CC=O)/C(=C\OCc1ccccc1)CCC(=N)OCc1ccccc1. The van der Waals surface area contributed by atoms with Crippen molar-refractivity contribution < 1.29 is 18.7 Å². The van der Waals surface area contributed by atoms with E-state index in [-0.39, 0.29) is 11.8 Å². The third-order valence-corrected chi connectivity index (χ3v) is 6.31. The molecule has 204 valence electrons. The van der Waals surface area contributed by atoms with Gasteiger partial charge in [0.15, 0.2) is 5.90 Å². The van der Waals surface area contributed by atoms with Crippen LogP contribution in [0.2, 0.25) is 0 Å². The summed E-state index contributed by atoms with van der Waals surface area (Å²) >= 11 is 0. The normalized spacial score (nSPS) is 13.1. The lowest BCUT2D eigenvalue weighted by Gasteiger charge is -2.22. The Labute approximate surface area is 227 Å². The van der Waals surface area contributed by atoms with Crippen molar-refractivity contribution in [3.05, 3.63) is 107 Å². The lowest BCUT2D eigenvalue weighted by Crippen LogP contribution is -2.22. The lowest BCUT2D eigenvalue weighted by atomic mass is 10.0. The van der Waals surface area contributed by atoms with Crippen LogP contribution in [-0.2, 0) is 27.5 Å². The highest BCUT2D eigenvalue weighted by molar-refractivity contribution is 5.73. The number of halogens is 1. The summed E-state index contributed by atoms with van der Waals surface area (Å²) in [5.74, 6) is 0.476. The van der Waals surface area contributed by atoms with E-state index in [0.717, 1.165) is 35.0 Å². The minimum absolute atomic E-state index is 0.208. The van der Waals surface area contributed by atoms with Crippen molar-refractivity contribution >= 4 is 12.2 Å². The van der Waals surface area contributed by atoms with Gasteiger partial charge in [-0.2, -0.15) is 0 Å². The van der Waals surface area contributed by atoms with Crippen LogP contribution >= 0.6 is 0 Å². The van der Waals surface area contributed by atoms with Gasteiger partial charge in [0, 0.05) is 32.1 Å². The fraction of sp³-hybridized carbons (Fsp3) is 0.375. The molecular weight excluding hydrogens is 479 g/mol. The third kappa shape index (κ3) is 12.0. The number of alkyl halides is 1. The third-order valence-electron chi connectivity index (χ3n) is 6.31. The molecule has 2 rings (SSSR count). The van der Waals surface area contributed by atoms with E-state index in [1.165, 1.54) is 0 Å². The zero-order chi connectivity index (χ0) is 27.6. The van der Waals surface area contributed by atoms with Crippen LogP contribution in [0, 0.1) is 11.3 Å². The van der Waals surface area contributed by atoms with E-state index in [1.807, 2.05) is 92.5 Å². The van der Waals surface area contributed by atoms with Crippen LogP contribution in [0.4, 0.5) is 4.39 Å². The number of hydrogen-bond donors (Lipinski definition) is 1. The molecule has 0 heterocycles. The van der Waals surface area contributed by atoms with Crippen LogP contribution in [0.15, 0.2) is 95.9 Å². The molecule has 1 unspecified atom stereocenters. The smallest absolute Gasteiger partial charge is 0.181 e. The van der Waals surface area contributed by atoms with Gasteiger partial charge in [0.25, 0.3) is 0 Å². The Kier molecular flexibility index (Phi) is 14.3. The van der Waals surface area contributed by atoms with Crippen LogP contribution in [-0.4, -0.2) is 37.4 Å². The second kappa shape index (κ2) is 17.7. The summed E-state index contributed by atoms with van der Waals surface area (Å²) in [5, 5.41) is 8.25. The summed E-state index contributed by atoms with van der Waals surface area (Å²) in [6, 6.07) is 19.7. The molecule has 0 bridgehead atoms. The van der Waals surface area contributed by atoms with Crippen molar-refractivity contribution in [1.29, 1.82) is 5.41 Å². The summed E-state index contributed by atoms with van der Waals surface area (Å²) in [6.45, 7) is 4.88. The van der Waals surface area contributed by atoms with Crippen molar-refractivity contribution in [3.63, 3.8) is 0 Å². The number of benzene rings is 2. The molecule has 0 radical (unpaired) electrons. The Morgan fingerprint density at radius 1 is 1.00 bits per heavy atom. The van der Waals surface area contributed by atoms with Gasteiger partial charge in [0.1, 0.15) is 26.2 Å². The highest BCUT2D eigenvalue weighted by Crippen LogP contribution is 2.19. The Balaban J connectivity index is 2.06. The van der Waals surface area contributed by atoms with Crippen molar-refractivity contribution in [1.82, 2.24) is 4.90 Å². The van der Waals surface area contributed by atoms with Crippen LogP contribution < -0.4 is 0 Å². The Bertz CT molecular complexity index is 1060. The predicted octanol–water partition coefficient (Wildman–Crippen LogP) is 7.41. The van der Waals surface area contributed by atoms with Crippen LogP contribution in [0.1, 0.15) is 50.7 Å². The fourth-order valence-electron chi connectivity index (χ4n) is 3.67. The van der Waals surface area contributed by atoms with Crippen molar-refractivity contribution in [2.45, 2.75) is 52.7 Å². The van der Waals surface area contributed by atoms with E-state index < -0.39 is 6.67 Å². The summed E-state index contributed by atoms with van der Waals surface area (Å²) in [4.78, 5) is 12.6. The Hall–Kier alpha value is -3.67. The van der Waals surface area contributed by atoms with E-state index in [4.69, 9.17) is 14.9 Å². The molecule has 38 heavy (non-hydrogen) atoms. The maximum Gasteiger partial charge on any atom is 0.181 e. The molecule has 0 fully saturated rings. The van der Waals surface area contributed by atoms with Gasteiger partial charge in [-0.1, -0.05) is 73.7 Å². The lowest BCUT2D eigenvalue weighted by molar-refractivity contribution is -0.108. The number of carbonyl (C=O) groups excluding carboxylic acids is 1. The van der Waals surface area contributed by atoms with Gasteiger partial charge < -0.3 is 19.2 Å². The molecule has 0 spiro atoms. The van der Waals surface area contributed by atoms with Crippen molar-refractivity contribution in [3.8, 4) is 0 Å². The van der Waals surface area contributed by atoms with Crippen LogP contribution in [0.25, 0.3) is 0 Å². The molecule has 2 aromatic carbocycles. The van der Waals surface area contributed by atoms with Gasteiger partial charge in [0.2, 0.25) is 0 Å². The van der Waals surface area contributed by atoms with Gasteiger partial charge in [-0.05, 0) is 54.0 Å². The van der Waals surface area contributed by atoms with Crippen molar-refractivity contribution in [2.24, 2.45) is 5.92 Å². The summed E-state index contributed by atoms with van der Waals surface area (Å²) in [7, 11) is 1.87. The number of allylic oxidation sites excluding steroid dienone is 5. The standard InChI is InChI=1S/C32H41FN2O3/c1-26(19-21-36)18-20-35(3)31(22-33)16-14-27(2)30(25-37-23-28-10-6-4-7-11-28)15-17-32(34)38-24-29-12-8-5-9-13-29/h4-14,16,21,25-26,34H,15,17-20,22-24H2,1-3H3/b27-14+,30-25-,31-16+,34-32?. The first-order valence-corrected chi connectivity index (χ1v) is 13.1. The molecule has 1 N–H and O–H groups in total. The molecular formula is C32H41FN2O3. The number of nitrogens with one attached hydrogen (secondary N) is 1. The minimum Gasteiger partial charge on any atom is -0.496 e. The number of nitrogens with zero attached hydrogens (tertiary/aromatic N) is 1. The van der Waals surface area contributed by atoms with E-state index in [0.29, 0.717) is 44.7 Å². The number of ether oxygens (including phenoxy) is 2. The molecule has 0 saturated carbocycles.